The van der Waals surface area contributed by atoms with Gasteiger partial charge in [0.25, 0.3) is 0 Å². The highest BCUT2D eigenvalue weighted by Crippen LogP contribution is 2.15. The molecule has 0 unspecified atom stereocenters. The van der Waals surface area contributed by atoms with Gasteiger partial charge in [0.1, 0.15) is 0 Å². The number of hydrogen-bond acceptors (Lipinski definition) is 3. The van der Waals surface area contributed by atoms with Crippen molar-refractivity contribution in [1.29, 1.82) is 0 Å². The fraction of sp³-hybridized carbons (Fsp3) is 0.556. The summed E-state index contributed by atoms with van der Waals surface area (Å²) in [6.07, 6.45) is 3.96. The number of likely N-dealkylation sites (tertiary alicyclic amines) is 1. The standard InChI is InChI=1S/C18H26N4O2/c23-17(15-6-8-19-9-7-15)20-13-14-4-3-5-16(12-14)21-18(24)22-10-1-2-11-22/h3-5,12,15,19H,1-2,6-11,13H2,(H,20,23)(H,21,24). The molecule has 24 heavy (non-hydrogen) atoms. The fourth-order valence-electron chi connectivity index (χ4n) is 3.30. The molecule has 2 heterocycles. The second-order valence-electron chi connectivity index (χ2n) is 6.57. The molecule has 6 nitrogen and oxygen atoms in total. The molecule has 3 rings (SSSR count). The summed E-state index contributed by atoms with van der Waals surface area (Å²) in [5.41, 5.74) is 1.78. The van der Waals surface area contributed by atoms with Crippen LogP contribution in [0.1, 0.15) is 31.2 Å². The van der Waals surface area contributed by atoms with Crippen LogP contribution < -0.4 is 16.0 Å². The molecule has 2 saturated heterocycles. The van der Waals surface area contributed by atoms with Gasteiger partial charge in [0.2, 0.25) is 5.91 Å². The van der Waals surface area contributed by atoms with E-state index in [9.17, 15) is 9.59 Å². The first kappa shape index (κ1) is 16.8. The van der Waals surface area contributed by atoms with Crippen LogP contribution in [0.5, 0.6) is 0 Å². The number of carbonyl (C=O) groups excluding carboxylic acids is 2. The predicted molar refractivity (Wildman–Crippen MR) is 93.7 cm³/mol. The smallest absolute Gasteiger partial charge is 0.321 e. The van der Waals surface area contributed by atoms with Gasteiger partial charge in [-0.1, -0.05) is 12.1 Å². The van der Waals surface area contributed by atoms with Gasteiger partial charge < -0.3 is 20.9 Å². The summed E-state index contributed by atoms with van der Waals surface area (Å²) in [4.78, 5) is 26.2. The molecule has 1 aromatic rings. The van der Waals surface area contributed by atoms with Gasteiger partial charge in [0.15, 0.2) is 0 Å². The van der Waals surface area contributed by atoms with E-state index < -0.39 is 0 Å². The molecule has 1 aromatic carbocycles. The maximum atomic E-state index is 12.2. The Morgan fingerprint density at radius 2 is 1.92 bits per heavy atom. The third-order valence-electron chi connectivity index (χ3n) is 4.75. The van der Waals surface area contributed by atoms with E-state index in [2.05, 4.69) is 16.0 Å². The zero-order valence-corrected chi connectivity index (χ0v) is 14.0. The fourth-order valence-corrected chi connectivity index (χ4v) is 3.30. The Morgan fingerprint density at radius 3 is 2.67 bits per heavy atom. The Morgan fingerprint density at radius 1 is 1.17 bits per heavy atom. The number of nitrogens with zero attached hydrogens (tertiary/aromatic N) is 1. The summed E-state index contributed by atoms with van der Waals surface area (Å²) in [5.74, 6) is 0.243. The SMILES string of the molecule is O=C(NCc1cccc(NC(=O)N2CCCC2)c1)C1CCNCC1. The van der Waals surface area contributed by atoms with Crippen LogP contribution in [0.25, 0.3) is 0 Å². The van der Waals surface area contributed by atoms with Gasteiger partial charge in [0.05, 0.1) is 0 Å². The molecule has 2 aliphatic heterocycles. The first-order chi connectivity index (χ1) is 11.7. The summed E-state index contributed by atoms with van der Waals surface area (Å²) in [5, 5.41) is 9.22. The maximum absolute atomic E-state index is 12.2. The van der Waals surface area contributed by atoms with E-state index in [4.69, 9.17) is 0 Å². The van der Waals surface area contributed by atoms with E-state index in [0.717, 1.165) is 63.1 Å². The van der Waals surface area contributed by atoms with Crippen LogP contribution >= 0.6 is 0 Å². The Balaban J connectivity index is 1.51. The van der Waals surface area contributed by atoms with Crippen LogP contribution in [0.4, 0.5) is 10.5 Å². The molecule has 0 saturated carbocycles. The third kappa shape index (κ3) is 4.47. The summed E-state index contributed by atoms with van der Waals surface area (Å²) < 4.78 is 0. The number of hydrogen-bond donors (Lipinski definition) is 3. The lowest BCUT2D eigenvalue weighted by atomic mass is 9.97. The van der Waals surface area contributed by atoms with Crippen molar-refractivity contribution in [3.05, 3.63) is 29.8 Å². The summed E-state index contributed by atoms with van der Waals surface area (Å²) in [6, 6.07) is 7.64. The van der Waals surface area contributed by atoms with E-state index in [1.54, 1.807) is 0 Å². The number of benzene rings is 1. The van der Waals surface area contributed by atoms with Crippen molar-refractivity contribution in [3.8, 4) is 0 Å². The van der Waals surface area contributed by atoms with Crippen molar-refractivity contribution < 1.29 is 9.59 Å². The highest BCUT2D eigenvalue weighted by molar-refractivity contribution is 5.89. The molecule has 3 N–H and O–H groups in total. The van der Waals surface area contributed by atoms with Gasteiger partial charge >= 0.3 is 6.03 Å². The number of anilines is 1. The van der Waals surface area contributed by atoms with Crippen molar-refractivity contribution in [3.63, 3.8) is 0 Å². The minimum Gasteiger partial charge on any atom is -0.352 e. The van der Waals surface area contributed by atoms with E-state index in [0.29, 0.717) is 6.54 Å². The second kappa shape index (κ2) is 8.15. The topological polar surface area (TPSA) is 73.5 Å². The molecule has 0 radical (unpaired) electrons. The monoisotopic (exact) mass is 330 g/mol. The first-order valence-electron chi connectivity index (χ1n) is 8.86. The highest BCUT2D eigenvalue weighted by atomic mass is 16.2. The van der Waals surface area contributed by atoms with Gasteiger partial charge in [-0.15, -0.1) is 0 Å². The molecule has 0 spiro atoms. The molecular weight excluding hydrogens is 304 g/mol. The van der Waals surface area contributed by atoms with Crippen LogP contribution in [0, 0.1) is 5.92 Å². The van der Waals surface area contributed by atoms with Gasteiger partial charge in [-0.25, -0.2) is 4.79 Å². The van der Waals surface area contributed by atoms with Gasteiger partial charge in [-0.05, 0) is 56.5 Å². The Hall–Kier alpha value is -2.08. The average molecular weight is 330 g/mol. The van der Waals surface area contributed by atoms with E-state index in [-0.39, 0.29) is 17.9 Å². The van der Waals surface area contributed by atoms with Crippen molar-refractivity contribution in [2.45, 2.75) is 32.2 Å². The molecule has 3 amide bonds. The zero-order chi connectivity index (χ0) is 16.8. The summed E-state index contributed by atoms with van der Waals surface area (Å²) in [7, 11) is 0. The highest BCUT2D eigenvalue weighted by Gasteiger charge is 2.20. The number of piperidine rings is 1. The number of nitrogens with one attached hydrogen (secondary N) is 3. The molecule has 0 atom stereocenters. The van der Waals surface area contributed by atoms with Crippen LogP contribution in [0.3, 0.4) is 0 Å². The quantitative estimate of drug-likeness (QED) is 0.790. The van der Waals surface area contributed by atoms with E-state index in [1.165, 1.54) is 0 Å². The summed E-state index contributed by atoms with van der Waals surface area (Å²) in [6.45, 7) is 3.98. The van der Waals surface area contributed by atoms with Gasteiger partial charge in [0, 0.05) is 31.2 Å². The molecule has 2 fully saturated rings. The van der Waals surface area contributed by atoms with Crippen molar-refractivity contribution in [2.24, 2.45) is 5.92 Å². The normalized spacial score (nSPS) is 18.4. The lowest BCUT2D eigenvalue weighted by Crippen LogP contribution is -2.37. The second-order valence-corrected chi connectivity index (χ2v) is 6.57. The zero-order valence-electron chi connectivity index (χ0n) is 14.0. The number of rotatable bonds is 4. The number of carbonyl (C=O) groups is 2. The van der Waals surface area contributed by atoms with Crippen LogP contribution in [0.2, 0.25) is 0 Å². The van der Waals surface area contributed by atoms with Crippen molar-refractivity contribution in [2.75, 3.05) is 31.5 Å². The minimum atomic E-state index is -0.0385. The Kier molecular flexibility index (Phi) is 5.69. The first-order valence-corrected chi connectivity index (χ1v) is 8.86. The number of urea groups is 1. The largest absolute Gasteiger partial charge is 0.352 e. The Labute approximate surface area is 143 Å². The molecular formula is C18H26N4O2. The van der Waals surface area contributed by atoms with E-state index >= 15 is 0 Å². The summed E-state index contributed by atoms with van der Waals surface area (Å²) >= 11 is 0. The maximum Gasteiger partial charge on any atom is 0.321 e. The third-order valence-corrected chi connectivity index (χ3v) is 4.75. The lowest BCUT2D eigenvalue weighted by molar-refractivity contribution is -0.125. The lowest BCUT2D eigenvalue weighted by Gasteiger charge is -2.21. The van der Waals surface area contributed by atoms with E-state index in [1.807, 2.05) is 29.2 Å². The molecule has 2 aliphatic rings. The molecule has 130 valence electrons. The van der Waals surface area contributed by atoms with Gasteiger partial charge in [-0.2, -0.15) is 0 Å². The molecule has 0 aliphatic carbocycles. The van der Waals surface area contributed by atoms with Crippen LogP contribution in [-0.2, 0) is 11.3 Å². The van der Waals surface area contributed by atoms with Crippen molar-refractivity contribution >= 4 is 17.6 Å². The molecule has 0 aromatic heterocycles. The van der Waals surface area contributed by atoms with Crippen molar-refractivity contribution in [1.82, 2.24) is 15.5 Å². The Bertz CT molecular complexity index is 578. The molecule has 0 bridgehead atoms. The number of amides is 3. The minimum absolute atomic E-state index is 0.0385. The van der Waals surface area contributed by atoms with Gasteiger partial charge in [-0.3, -0.25) is 4.79 Å². The predicted octanol–water partition coefficient (Wildman–Crippen LogP) is 1.93. The molecule has 6 heteroatoms. The van der Waals surface area contributed by atoms with Crippen LogP contribution in [-0.4, -0.2) is 43.0 Å². The average Bonchev–Trinajstić information content (AvgIpc) is 3.15. The van der Waals surface area contributed by atoms with Crippen LogP contribution in [0.15, 0.2) is 24.3 Å².